The molecular weight excluding hydrogens is 371 g/mol. The Balaban J connectivity index is 1.58. The van der Waals surface area contributed by atoms with Gasteiger partial charge >= 0.3 is 6.03 Å². The Morgan fingerprint density at radius 2 is 2.11 bits per heavy atom. The van der Waals surface area contributed by atoms with E-state index in [2.05, 4.69) is 0 Å². The number of ether oxygens (including phenoxy) is 2. The number of benzene rings is 1. The molecule has 3 fully saturated rings. The molecule has 1 aromatic rings. The number of imide groups is 1. The Bertz CT molecular complexity index is 903. The standard InChI is InChI=1S/C18H17FN4O5/c19-10-7-14-12(21(4-3-20)16(25)18(28-14)1-2-18)8-11(10)23-15(24)13-9-27-6-5-22(13)17(23)26/h7-8,13,16,25H,1-2,4-6,9H2. The van der Waals surface area contributed by atoms with Crippen molar-refractivity contribution in [3.05, 3.63) is 17.9 Å². The first-order chi connectivity index (χ1) is 13.5. The van der Waals surface area contributed by atoms with Gasteiger partial charge in [-0.05, 0) is 18.9 Å². The van der Waals surface area contributed by atoms with Crippen molar-refractivity contribution >= 4 is 23.3 Å². The van der Waals surface area contributed by atoms with Gasteiger partial charge in [0, 0.05) is 12.6 Å². The first-order valence-electron chi connectivity index (χ1n) is 9.03. The van der Waals surface area contributed by atoms with Crippen LogP contribution in [-0.4, -0.2) is 66.1 Å². The van der Waals surface area contributed by atoms with Crippen molar-refractivity contribution in [2.24, 2.45) is 0 Å². The van der Waals surface area contributed by atoms with Gasteiger partial charge in [0.25, 0.3) is 5.91 Å². The molecule has 2 atom stereocenters. The number of nitriles is 1. The lowest BCUT2D eigenvalue weighted by Crippen LogP contribution is -2.51. The monoisotopic (exact) mass is 388 g/mol. The Kier molecular flexibility index (Phi) is 3.56. The number of carbonyl (C=O) groups is 2. The predicted octanol–water partition coefficient (Wildman–Crippen LogP) is 0.566. The molecule has 1 N–H and O–H groups in total. The van der Waals surface area contributed by atoms with Crippen LogP contribution in [0.2, 0.25) is 0 Å². The molecule has 5 rings (SSSR count). The van der Waals surface area contributed by atoms with Gasteiger partial charge in [-0.1, -0.05) is 0 Å². The number of morpholine rings is 1. The van der Waals surface area contributed by atoms with Gasteiger partial charge in [0.15, 0.2) is 17.6 Å². The number of hydrogen-bond donors (Lipinski definition) is 1. The van der Waals surface area contributed by atoms with E-state index in [1.54, 1.807) is 0 Å². The van der Waals surface area contributed by atoms with Gasteiger partial charge in [0.2, 0.25) is 0 Å². The van der Waals surface area contributed by atoms with Gasteiger partial charge in [-0.2, -0.15) is 5.26 Å². The molecule has 1 aliphatic carbocycles. The fourth-order valence-corrected chi connectivity index (χ4v) is 4.06. The smallest absolute Gasteiger partial charge is 0.332 e. The van der Waals surface area contributed by atoms with Crippen LogP contribution >= 0.6 is 0 Å². The second kappa shape index (κ2) is 5.80. The van der Waals surface area contributed by atoms with E-state index in [4.69, 9.17) is 14.7 Å². The van der Waals surface area contributed by atoms with Crippen LogP contribution in [0.4, 0.5) is 20.6 Å². The lowest BCUT2D eigenvalue weighted by molar-refractivity contribution is -0.123. The summed E-state index contributed by atoms with van der Waals surface area (Å²) in [5.74, 6) is -1.17. The van der Waals surface area contributed by atoms with Crippen LogP contribution in [-0.2, 0) is 9.53 Å². The predicted molar refractivity (Wildman–Crippen MR) is 92.2 cm³/mol. The molecule has 0 bridgehead atoms. The highest BCUT2D eigenvalue weighted by Crippen LogP contribution is 2.52. The maximum Gasteiger partial charge on any atom is 0.332 e. The topological polar surface area (TPSA) is 106 Å². The second-order valence-corrected chi connectivity index (χ2v) is 7.34. The van der Waals surface area contributed by atoms with E-state index in [0.717, 1.165) is 11.0 Å². The Hall–Kier alpha value is -2.90. The minimum atomic E-state index is -1.07. The number of carbonyl (C=O) groups excluding carboxylic acids is 2. The first kappa shape index (κ1) is 17.2. The molecule has 3 aliphatic heterocycles. The van der Waals surface area contributed by atoms with Crippen LogP contribution < -0.4 is 14.5 Å². The molecule has 146 valence electrons. The van der Waals surface area contributed by atoms with E-state index in [1.165, 1.54) is 15.9 Å². The van der Waals surface area contributed by atoms with E-state index in [-0.39, 0.29) is 36.8 Å². The molecule has 3 heterocycles. The van der Waals surface area contributed by atoms with Gasteiger partial charge in [0.1, 0.15) is 18.3 Å². The molecule has 0 radical (unpaired) electrons. The SMILES string of the molecule is N#CCN1c2cc(N3C(=O)C4COCCN4C3=O)c(F)cc2OC2(CC2)C1O. The van der Waals surface area contributed by atoms with E-state index < -0.39 is 35.6 Å². The molecule has 9 nitrogen and oxygen atoms in total. The van der Waals surface area contributed by atoms with Crippen molar-refractivity contribution in [2.75, 3.05) is 36.1 Å². The summed E-state index contributed by atoms with van der Waals surface area (Å²) in [6.07, 6.45) is 0.125. The summed E-state index contributed by atoms with van der Waals surface area (Å²) in [5.41, 5.74) is -0.798. The molecular formula is C18H17FN4O5. The molecule has 0 aromatic heterocycles. The first-order valence-corrected chi connectivity index (χ1v) is 9.03. The van der Waals surface area contributed by atoms with Crippen molar-refractivity contribution in [3.8, 4) is 11.8 Å². The molecule has 1 spiro atoms. The van der Waals surface area contributed by atoms with Gasteiger partial charge in [-0.15, -0.1) is 0 Å². The van der Waals surface area contributed by atoms with Crippen LogP contribution in [0, 0.1) is 17.1 Å². The number of aliphatic hydroxyl groups is 1. The summed E-state index contributed by atoms with van der Waals surface area (Å²) in [6.45, 7) is 0.491. The average molecular weight is 388 g/mol. The summed E-state index contributed by atoms with van der Waals surface area (Å²) in [7, 11) is 0. The molecule has 28 heavy (non-hydrogen) atoms. The fourth-order valence-electron chi connectivity index (χ4n) is 4.06. The summed E-state index contributed by atoms with van der Waals surface area (Å²) in [5, 5.41) is 19.8. The fraction of sp³-hybridized carbons (Fsp3) is 0.500. The van der Waals surface area contributed by atoms with Crippen molar-refractivity contribution in [1.29, 1.82) is 5.26 Å². The number of hydrogen-bond acceptors (Lipinski definition) is 7. The lowest BCUT2D eigenvalue weighted by Gasteiger charge is -2.40. The van der Waals surface area contributed by atoms with Crippen LogP contribution in [0.1, 0.15) is 12.8 Å². The average Bonchev–Trinajstić information content (AvgIpc) is 3.41. The highest BCUT2D eigenvalue weighted by atomic mass is 19.1. The number of fused-ring (bicyclic) bond motifs is 2. The number of nitrogens with zero attached hydrogens (tertiary/aromatic N) is 4. The van der Waals surface area contributed by atoms with E-state index in [0.29, 0.717) is 19.4 Å². The number of amides is 3. The zero-order chi connectivity index (χ0) is 19.6. The van der Waals surface area contributed by atoms with Crippen molar-refractivity contribution < 1.29 is 28.6 Å². The minimum Gasteiger partial charge on any atom is -0.480 e. The number of urea groups is 1. The zero-order valence-corrected chi connectivity index (χ0v) is 14.8. The van der Waals surface area contributed by atoms with Crippen molar-refractivity contribution in [3.63, 3.8) is 0 Å². The maximum absolute atomic E-state index is 14.9. The number of anilines is 2. The lowest BCUT2D eigenvalue weighted by atomic mass is 10.1. The molecule has 4 aliphatic rings. The van der Waals surface area contributed by atoms with Gasteiger partial charge < -0.3 is 24.4 Å². The molecule has 2 saturated heterocycles. The molecule has 1 saturated carbocycles. The highest BCUT2D eigenvalue weighted by Gasteiger charge is 2.58. The minimum absolute atomic E-state index is 0.0680. The number of aliphatic hydroxyl groups excluding tert-OH is 1. The quantitative estimate of drug-likeness (QED) is 0.583. The van der Waals surface area contributed by atoms with Crippen LogP contribution in [0.3, 0.4) is 0 Å². The van der Waals surface area contributed by atoms with Crippen molar-refractivity contribution in [2.45, 2.75) is 30.7 Å². The van der Waals surface area contributed by atoms with Crippen molar-refractivity contribution in [1.82, 2.24) is 4.90 Å². The molecule has 3 amide bonds. The second-order valence-electron chi connectivity index (χ2n) is 7.34. The van der Waals surface area contributed by atoms with Crippen LogP contribution in [0.25, 0.3) is 0 Å². The Morgan fingerprint density at radius 3 is 2.79 bits per heavy atom. The maximum atomic E-state index is 14.9. The summed E-state index contributed by atoms with van der Waals surface area (Å²) in [6, 6.07) is 2.99. The largest absolute Gasteiger partial charge is 0.480 e. The van der Waals surface area contributed by atoms with Crippen LogP contribution in [0.5, 0.6) is 5.75 Å². The third-order valence-electron chi connectivity index (χ3n) is 5.71. The summed E-state index contributed by atoms with van der Waals surface area (Å²) < 4.78 is 26.0. The summed E-state index contributed by atoms with van der Waals surface area (Å²) >= 11 is 0. The number of halogens is 1. The zero-order valence-electron chi connectivity index (χ0n) is 14.8. The highest BCUT2D eigenvalue weighted by molar-refractivity contribution is 6.21. The third kappa shape index (κ3) is 2.23. The van der Waals surface area contributed by atoms with E-state index in [9.17, 15) is 19.1 Å². The van der Waals surface area contributed by atoms with Gasteiger partial charge in [-0.25, -0.2) is 14.1 Å². The Morgan fingerprint density at radius 1 is 1.32 bits per heavy atom. The summed E-state index contributed by atoms with van der Waals surface area (Å²) in [4.78, 5) is 29.0. The third-order valence-corrected chi connectivity index (χ3v) is 5.71. The molecule has 2 unspecified atom stereocenters. The van der Waals surface area contributed by atoms with Gasteiger partial charge in [0.05, 0.1) is 30.7 Å². The number of rotatable bonds is 2. The normalized spacial score (nSPS) is 27.4. The molecule has 10 heteroatoms. The van der Waals surface area contributed by atoms with E-state index in [1.807, 2.05) is 6.07 Å². The molecule has 1 aromatic carbocycles. The van der Waals surface area contributed by atoms with E-state index >= 15 is 0 Å². The van der Waals surface area contributed by atoms with Gasteiger partial charge in [-0.3, -0.25) is 4.79 Å². The Labute approximate surface area is 159 Å². The van der Waals surface area contributed by atoms with Crippen LogP contribution in [0.15, 0.2) is 12.1 Å².